The van der Waals surface area contributed by atoms with E-state index in [0.29, 0.717) is 18.8 Å². The zero-order chi connectivity index (χ0) is 13.1. The normalized spacial score (nSPS) is 16.9. The third-order valence-corrected chi connectivity index (χ3v) is 3.51. The van der Waals surface area contributed by atoms with E-state index in [4.69, 9.17) is 0 Å². The summed E-state index contributed by atoms with van der Waals surface area (Å²) in [6.07, 6.45) is 0.342. The molecule has 0 bridgehead atoms. The van der Waals surface area contributed by atoms with Gasteiger partial charge >= 0.3 is 0 Å². The number of hydrogen-bond acceptors (Lipinski definition) is 2. The molecule has 2 atom stereocenters. The first-order valence-electron chi connectivity index (χ1n) is 6.36. The van der Waals surface area contributed by atoms with Crippen LogP contribution in [-0.4, -0.2) is 21.9 Å². The molecule has 0 saturated carbocycles. The first-order chi connectivity index (χ1) is 7.86. The highest BCUT2D eigenvalue weighted by Crippen LogP contribution is 2.20. The van der Waals surface area contributed by atoms with Crippen molar-refractivity contribution in [1.29, 1.82) is 0 Å². The number of aliphatic hydroxyl groups is 2. The lowest BCUT2D eigenvalue weighted by atomic mass is 9.90. The average molecular weight is 236 g/mol. The highest BCUT2D eigenvalue weighted by Gasteiger charge is 2.28. The van der Waals surface area contributed by atoms with Gasteiger partial charge in [-0.3, -0.25) is 0 Å². The smallest absolute Gasteiger partial charge is 0.0878 e. The lowest BCUT2D eigenvalue weighted by Gasteiger charge is -2.27. The fraction of sp³-hybridized carbons (Fsp3) is 0.600. The van der Waals surface area contributed by atoms with Crippen molar-refractivity contribution in [2.75, 3.05) is 0 Å². The summed E-state index contributed by atoms with van der Waals surface area (Å²) in [6, 6.07) is 8.25. The van der Waals surface area contributed by atoms with Crippen molar-refractivity contribution >= 4 is 0 Å². The minimum atomic E-state index is -1.00. The molecule has 2 heteroatoms. The SMILES string of the molecule is CCC(C)(O)C(O)Cc1ccc(C(C)C)cc1. The summed E-state index contributed by atoms with van der Waals surface area (Å²) < 4.78 is 0. The molecular formula is C15H24O2. The number of benzene rings is 1. The van der Waals surface area contributed by atoms with Gasteiger partial charge < -0.3 is 10.2 Å². The minimum absolute atomic E-state index is 0.499. The van der Waals surface area contributed by atoms with Crippen molar-refractivity contribution in [3.05, 3.63) is 35.4 Å². The number of rotatable bonds is 5. The van der Waals surface area contributed by atoms with Gasteiger partial charge in [-0.05, 0) is 30.4 Å². The molecule has 2 N–H and O–H groups in total. The third-order valence-electron chi connectivity index (χ3n) is 3.51. The summed E-state index contributed by atoms with van der Waals surface area (Å²) in [5.41, 5.74) is 1.36. The molecule has 96 valence electrons. The average Bonchev–Trinajstić information content (AvgIpc) is 2.29. The molecule has 1 rings (SSSR count). The maximum Gasteiger partial charge on any atom is 0.0878 e. The van der Waals surface area contributed by atoms with E-state index in [1.54, 1.807) is 6.92 Å². The fourth-order valence-corrected chi connectivity index (χ4v) is 1.72. The monoisotopic (exact) mass is 236 g/mol. The second-order valence-corrected chi connectivity index (χ2v) is 5.33. The Hall–Kier alpha value is -0.860. The van der Waals surface area contributed by atoms with Gasteiger partial charge in [0.05, 0.1) is 11.7 Å². The first-order valence-corrected chi connectivity index (χ1v) is 6.36. The van der Waals surface area contributed by atoms with Crippen LogP contribution in [0.1, 0.15) is 51.2 Å². The number of aliphatic hydroxyl groups excluding tert-OH is 1. The Morgan fingerprint density at radius 1 is 1.18 bits per heavy atom. The van der Waals surface area contributed by atoms with Crippen LogP contribution in [0.15, 0.2) is 24.3 Å². The molecule has 17 heavy (non-hydrogen) atoms. The van der Waals surface area contributed by atoms with Crippen LogP contribution in [0.25, 0.3) is 0 Å². The quantitative estimate of drug-likeness (QED) is 0.825. The van der Waals surface area contributed by atoms with Gasteiger partial charge in [0, 0.05) is 6.42 Å². The van der Waals surface area contributed by atoms with Crippen LogP contribution in [0.5, 0.6) is 0 Å². The van der Waals surface area contributed by atoms with Crippen LogP contribution in [0.3, 0.4) is 0 Å². The van der Waals surface area contributed by atoms with Crippen LogP contribution in [-0.2, 0) is 6.42 Å². The molecule has 0 saturated heterocycles. The summed E-state index contributed by atoms with van der Waals surface area (Å²) in [6.45, 7) is 7.88. The van der Waals surface area contributed by atoms with Crippen molar-refractivity contribution < 1.29 is 10.2 Å². The van der Waals surface area contributed by atoms with Gasteiger partial charge in [-0.15, -0.1) is 0 Å². The summed E-state index contributed by atoms with van der Waals surface area (Å²) in [5, 5.41) is 19.9. The molecule has 0 aliphatic rings. The predicted octanol–water partition coefficient (Wildman–Crippen LogP) is 2.87. The van der Waals surface area contributed by atoms with Crippen LogP contribution in [0.2, 0.25) is 0 Å². The van der Waals surface area contributed by atoms with Crippen LogP contribution >= 0.6 is 0 Å². The topological polar surface area (TPSA) is 40.5 Å². The predicted molar refractivity (Wildman–Crippen MR) is 71.2 cm³/mol. The summed E-state index contributed by atoms with van der Waals surface area (Å²) >= 11 is 0. The zero-order valence-corrected chi connectivity index (χ0v) is 11.3. The maximum absolute atomic E-state index is 9.96. The van der Waals surface area contributed by atoms with E-state index in [1.807, 2.05) is 19.1 Å². The molecular weight excluding hydrogens is 212 g/mol. The van der Waals surface area contributed by atoms with Crippen molar-refractivity contribution in [3.63, 3.8) is 0 Å². The Balaban J connectivity index is 2.69. The molecule has 0 aliphatic carbocycles. The second-order valence-electron chi connectivity index (χ2n) is 5.33. The van der Waals surface area contributed by atoms with Crippen molar-refractivity contribution in [3.8, 4) is 0 Å². The Labute approximate surface area is 104 Å². The van der Waals surface area contributed by atoms with Gasteiger partial charge in [-0.25, -0.2) is 0 Å². The molecule has 0 amide bonds. The minimum Gasteiger partial charge on any atom is -0.390 e. The van der Waals surface area contributed by atoms with E-state index >= 15 is 0 Å². The molecule has 1 aromatic carbocycles. The molecule has 0 aromatic heterocycles. The van der Waals surface area contributed by atoms with E-state index in [1.165, 1.54) is 5.56 Å². The summed E-state index contributed by atoms with van der Waals surface area (Å²) in [4.78, 5) is 0. The zero-order valence-electron chi connectivity index (χ0n) is 11.3. The highest BCUT2D eigenvalue weighted by atomic mass is 16.3. The fourth-order valence-electron chi connectivity index (χ4n) is 1.72. The third kappa shape index (κ3) is 3.83. The molecule has 0 fully saturated rings. The molecule has 2 nitrogen and oxygen atoms in total. The van der Waals surface area contributed by atoms with Crippen LogP contribution < -0.4 is 0 Å². The lowest BCUT2D eigenvalue weighted by molar-refractivity contribution is -0.0629. The summed E-state index contributed by atoms with van der Waals surface area (Å²) in [5.74, 6) is 0.521. The van der Waals surface area contributed by atoms with Crippen LogP contribution in [0, 0.1) is 0 Å². The van der Waals surface area contributed by atoms with Crippen molar-refractivity contribution in [2.24, 2.45) is 0 Å². The molecule has 0 heterocycles. The lowest BCUT2D eigenvalue weighted by Crippen LogP contribution is -2.39. The van der Waals surface area contributed by atoms with Gasteiger partial charge in [0.1, 0.15) is 0 Å². The standard InChI is InChI=1S/C15H24O2/c1-5-15(4,17)14(16)10-12-6-8-13(9-7-12)11(2)3/h6-9,11,14,16-17H,5,10H2,1-4H3. The molecule has 2 unspecified atom stereocenters. The van der Waals surface area contributed by atoms with E-state index in [-0.39, 0.29) is 0 Å². The molecule has 0 aliphatic heterocycles. The van der Waals surface area contributed by atoms with Gasteiger partial charge in [-0.1, -0.05) is 45.0 Å². The van der Waals surface area contributed by atoms with Gasteiger partial charge in [0.15, 0.2) is 0 Å². The number of hydrogen-bond donors (Lipinski definition) is 2. The van der Waals surface area contributed by atoms with E-state index in [9.17, 15) is 10.2 Å². The molecule has 0 spiro atoms. The van der Waals surface area contributed by atoms with E-state index < -0.39 is 11.7 Å². The first kappa shape index (κ1) is 14.2. The van der Waals surface area contributed by atoms with Crippen molar-refractivity contribution in [2.45, 2.75) is 58.2 Å². The van der Waals surface area contributed by atoms with Gasteiger partial charge in [-0.2, -0.15) is 0 Å². The van der Waals surface area contributed by atoms with Crippen molar-refractivity contribution in [1.82, 2.24) is 0 Å². The van der Waals surface area contributed by atoms with E-state index in [2.05, 4.69) is 26.0 Å². The molecule has 1 aromatic rings. The summed E-state index contributed by atoms with van der Waals surface area (Å²) in [7, 11) is 0. The largest absolute Gasteiger partial charge is 0.390 e. The Bertz CT molecular complexity index is 338. The van der Waals surface area contributed by atoms with Gasteiger partial charge in [0.2, 0.25) is 0 Å². The van der Waals surface area contributed by atoms with Crippen LogP contribution in [0.4, 0.5) is 0 Å². The van der Waals surface area contributed by atoms with E-state index in [0.717, 1.165) is 5.56 Å². The Morgan fingerprint density at radius 2 is 1.71 bits per heavy atom. The van der Waals surface area contributed by atoms with Gasteiger partial charge in [0.25, 0.3) is 0 Å². The Morgan fingerprint density at radius 3 is 2.12 bits per heavy atom. The second kappa shape index (κ2) is 5.65. The molecule has 0 radical (unpaired) electrons. The Kier molecular flexibility index (Phi) is 4.72. The maximum atomic E-state index is 9.96. The highest BCUT2D eigenvalue weighted by molar-refractivity contribution is 5.25.